The van der Waals surface area contributed by atoms with E-state index in [1.165, 1.54) is 0 Å². The van der Waals surface area contributed by atoms with Crippen LogP contribution < -0.4 is 0 Å². The molecule has 0 unspecified atom stereocenters. The Morgan fingerprint density at radius 3 is 2.52 bits per heavy atom. The quantitative estimate of drug-likeness (QED) is 0.397. The molecular weight excluding hydrogens is 367 g/mol. The standard InChI is InChI=1S/C20H29O6P/c1-4-25-27(22,26-5-2)14-6-7-16-8-9-17-15-20(23-12-13-24-20)11-10-19(17,3)18(16)21/h9,16H,4-5,7-8,10-13,15H2,1-3H3/t16-,19+/m1/s1. The molecule has 7 heteroatoms. The Labute approximate surface area is 161 Å². The van der Waals surface area contributed by atoms with Gasteiger partial charge in [0.15, 0.2) is 5.79 Å². The Bertz CT molecular complexity index is 702. The summed E-state index contributed by atoms with van der Waals surface area (Å²) in [6.07, 6.45) is 5.28. The van der Waals surface area contributed by atoms with Crippen LogP contribution in [0.3, 0.4) is 0 Å². The first-order chi connectivity index (χ1) is 12.9. The van der Waals surface area contributed by atoms with Gasteiger partial charge in [0.25, 0.3) is 0 Å². The van der Waals surface area contributed by atoms with Crippen LogP contribution >= 0.6 is 7.60 Å². The topological polar surface area (TPSA) is 71.1 Å². The van der Waals surface area contributed by atoms with Crippen molar-refractivity contribution in [2.45, 2.75) is 58.7 Å². The third kappa shape index (κ3) is 4.23. The van der Waals surface area contributed by atoms with Crippen molar-refractivity contribution >= 4 is 13.4 Å². The van der Waals surface area contributed by atoms with Gasteiger partial charge in [0.05, 0.1) is 26.4 Å². The lowest BCUT2D eigenvalue weighted by Gasteiger charge is -2.46. The lowest BCUT2D eigenvalue weighted by Crippen LogP contribution is -2.47. The molecule has 2 aliphatic carbocycles. The van der Waals surface area contributed by atoms with Gasteiger partial charge in [0, 0.05) is 36.3 Å². The summed E-state index contributed by atoms with van der Waals surface area (Å²) in [6.45, 7) is 7.30. The Kier molecular flexibility index (Phi) is 6.30. The molecule has 0 aromatic carbocycles. The van der Waals surface area contributed by atoms with Gasteiger partial charge in [-0.1, -0.05) is 17.6 Å². The maximum Gasteiger partial charge on any atom is 0.405 e. The van der Waals surface area contributed by atoms with Gasteiger partial charge in [0.2, 0.25) is 0 Å². The second-order valence-corrected chi connectivity index (χ2v) is 9.20. The number of carbonyl (C=O) groups is 1. The molecule has 27 heavy (non-hydrogen) atoms. The monoisotopic (exact) mass is 396 g/mol. The number of rotatable bonds is 5. The second-order valence-electron chi connectivity index (χ2n) is 7.47. The Morgan fingerprint density at radius 2 is 1.89 bits per heavy atom. The summed E-state index contributed by atoms with van der Waals surface area (Å²) in [6, 6.07) is 0. The fourth-order valence-electron chi connectivity index (χ4n) is 4.22. The lowest BCUT2D eigenvalue weighted by atomic mass is 9.61. The maximum absolute atomic E-state index is 13.2. The normalized spacial score (nSPS) is 29.8. The minimum absolute atomic E-state index is 0.192. The van der Waals surface area contributed by atoms with Crippen molar-refractivity contribution in [1.29, 1.82) is 0 Å². The molecule has 2 atom stereocenters. The molecule has 1 saturated heterocycles. The summed E-state index contributed by atoms with van der Waals surface area (Å²) in [5.41, 5.74) is 3.28. The average Bonchev–Trinajstić information content (AvgIpc) is 3.08. The van der Waals surface area contributed by atoms with Crippen molar-refractivity contribution in [3.8, 4) is 11.6 Å². The van der Waals surface area contributed by atoms with E-state index in [0.29, 0.717) is 32.5 Å². The second kappa shape index (κ2) is 8.19. The molecule has 0 aromatic heterocycles. The summed E-state index contributed by atoms with van der Waals surface area (Å²) in [5.74, 6) is 2.39. The highest BCUT2D eigenvalue weighted by Crippen LogP contribution is 2.52. The molecule has 150 valence electrons. The van der Waals surface area contributed by atoms with Crippen molar-refractivity contribution in [1.82, 2.24) is 0 Å². The van der Waals surface area contributed by atoms with Gasteiger partial charge in [-0.15, -0.1) is 0 Å². The summed E-state index contributed by atoms with van der Waals surface area (Å²) in [5, 5.41) is 0. The van der Waals surface area contributed by atoms with E-state index in [2.05, 4.69) is 17.7 Å². The van der Waals surface area contributed by atoms with Gasteiger partial charge in [-0.2, -0.15) is 0 Å². The molecule has 0 aromatic rings. The zero-order chi connectivity index (χ0) is 19.5. The molecule has 0 bridgehead atoms. The molecule has 6 nitrogen and oxygen atoms in total. The van der Waals surface area contributed by atoms with E-state index in [4.69, 9.17) is 18.5 Å². The molecule has 0 N–H and O–H groups in total. The molecule has 1 spiro atoms. The van der Waals surface area contributed by atoms with Crippen LogP contribution in [0.5, 0.6) is 0 Å². The minimum Gasteiger partial charge on any atom is -0.347 e. The average molecular weight is 396 g/mol. The van der Waals surface area contributed by atoms with E-state index in [0.717, 1.165) is 18.4 Å². The van der Waals surface area contributed by atoms with Crippen LogP contribution in [0.1, 0.15) is 52.9 Å². The summed E-state index contributed by atoms with van der Waals surface area (Å²) < 4.78 is 34.4. The highest BCUT2D eigenvalue weighted by molar-refractivity contribution is 7.59. The number of ether oxygens (including phenoxy) is 2. The van der Waals surface area contributed by atoms with Crippen LogP contribution in [-0.4, -0.2) is 38.0 Å². The first-order valence-electron chi connectivity index (χ1n) is 9.77. The summed E-state index contributed by atoms with van der Waals surface area (Å²) >= 11 is 0. The number of fused-ring (bicyclic) bond motifs is 1. The van der Waals surface area contributed by atoms with E-state index in [-0.39, 0.29) is 24.9 Å². The van der Waals surface area contributed by atoms with Gasteiger partial charge in [-0.05, 0) is 33.6 Å². The van der Waals surface area contributed by atoms with Gasteiger partial charge in [-0.3, -0.25) is 13.8 Å². The van der Waals surface area contributed by atoms with Crippen molar-refractivity contribution in [2.24, 2.45) is 11.3 Å². The molecule has 3 aliphatic rings. The molecule has 0 radical (unpaired) electrons. The Morgan fingerprint density at radius 1 is 1.22 bits per heavy atom. The van der Waals surface area contributed by atoms with Gasteiger partial charge in [0.1, 0.15) is 5.78 Å². The van der Waals surface area contributed by atoms with E-state index < -0.39 is 18.8 Å². The van der Waals surface area contributed by atoms with Crippen LogP contribution in [-0.2, 0) is 27.9 Å². The van der Waals surface area contributed by atoms with Crippen LogP contribution in [0.2, 0.25) is 0 Å². The van der Waals surface area contributed by atoms with Crippen LogP contribution in [0.4, 0.5) is 0 Å². The van der Waals surface area contributed by atoms with Crippen molar-refractivity contribution in [3.05, 3.63) is 11.6 Å². The smallest absolute Gasteiger partial charge is 0.347 e. The molecule has 1 aliphatic heterocycles. The largest absolute Gasteiger partial charge is 0.405 e. The van der Waals surface area contributed by atoms with E-state index in [1.807, 2.05) is 6.92 Å². The van der Waals surface area contributed by atoms with E-state index >= 15 is 0 Å². The fraction of sp³-hybridized carbons (Fsp3) is 0.750. The third-order valence-corrected chi connectivity index (χ3v) is 7.34. The first kappa shape index (κ1) is 20.8. The SMILES string of the molecule is CCOP(=O)(C#CC[C@@H]1CC=C2CC3(CC[C@]2(C)C1=O)OCCO3)OCC. The number of ketones is 1. The lowest BCUT2D eigenvalue weighted by molar-refractivity contribution is -0.179. The number of Topliss-reactive ketones (excluding diaryl/α,β-unsaturated/α-hetero) is 1. The third-order valence-electron chi connectivity index (χ3n) is 5.71. The van der Waals surface area contributed by atoms with E-state index in [9.17, 15) is 9.36 Å². The highest BCUT2D eigenvalue weighted by atomic mass is 31.2. The zero-order valence-electron chi connectivity index (χ0n) is 16.4. The van der Waals surface area contributed by atoms with Crippen molar-refractivity contribution < 1.29 is 27.9 Å². The number of allylic oxidation sites excluding steroid dienone is 1. The molecular formula is C20H29O6P. The van der Waals surface area contributed by atoms with Crippen LogP contribution in [0.25, 0.3) is 0 Å². The maximum atomic E-state index is 13.2. The van der Waals surface area contributed by atoms with Crippen LogP contribution in [0, 0.1) is 22.9 Å². The van der Waals surface area contributed by atoms with Crippen molar-refractivity contribution in [2.75, 3.05) is 26.4 Å². The predicted octanol–water partition coefficient (Wildman–Crippen LogP) is 4.05. The summed E-state index contributed by atoms with van der Waals surface area (Å²) in [7, 11) is -3.39. The van der Waals surface area contributed by atoms with Gasteiger partial charge < -0.3 is 9.47 Å². The molecule has 1 saturated carbocycles. The molecule has 3 rings (SSSR count). The highest BCUT2D eigenvalue weighted by Gasteiger charge is 2.52. The first-order valence-corrected chi connectivity index (χ1v) is 11.3. The summed E-state index contributed by atoms with van der Waals surface area (Å²) in [4.78, 5) is 13.2. The number of hydrogen-bond donors (Lipinski definition) is 0. The van der Waals surface area contributed by atoms with Gasteiger partial charge >= 0.3 is 7.60 Å². The van der Waals surface area contributed by atoms with E-state index in [1.54, 1.807) is 13.8 Å². The minimum atomic E-state index is -3.39. The fourth-order valence-corrected chi connectivity index (χ4v) is 5.39. The van der Waals surface area contributed by atoms with Crippen molar-refractivity contribution in [3.63, 3.8) is 0 Å². The van der Waals surface area contributed by atoms with Gasteiger partial charge in [-0.25, -0.2) is 4.57 Å². The Balaban J connectivity index is 1.70. The predicted molar refractivity (Wildman–Crippen MR) is 101 cm³/mol. The number of hydrogen-bond acceptors (Lipinski definition) is 6. The van der Waals surface area contributed by atoms with Crippen LogP contribution in [0.15, 0.2) is 11.6 Å². The Hall–Kier alpha value is -0.960. The molecule has 2 fully saturated rings. The number of carbonyl (C=O) groups excluding carboxylic acids is 1. The molecule has 1 heterocycles. The zero-order valence-corrected chi connectivity index (χ0v) is 17.3. The molecule has 0 amide bonds.